The predicted molar refractivity (Wildman–Crippen MR) is 240 cm³/mol. The average Bonchev–Trinajstić information content (AvgIpc) is 3.80. The van der Waals surface area contributed by atoms with Gasteiger partial charge < -0.3 is 9.13 Å². The molecule has 0 aliphatic heterocycles. The molecule has 0 spiro atoms. The van der Waals surface area contributed by atoms with E-state index < -0.39 is 0 Å². The van der Waals surface area contributed by atoms with Crippen LogP contribution in [-0.4, -0.2) is 24.1 Å². The van der Waals surface area contributed by atoms with Crippen molar-refractivity contribution >= 4 is 65.2 Å². The summed E-state index contributed by atoms with van der Waals surface area (Å²) in [4.78, 5) is 15.1. The van der Waals surface area contributed by atoms with Crippen molar-refractivity contribution in [1.82, 2.24) is 24.1 Å². The van der Waals surface area contributed by atoms with Crippen LogP contribution in [0.15, 0.2) is 200 Å². The number of para-hydroxylation sites is 2. The summed E-state index contributed by atoms with van der Waals surface area (Å²) in [7, 11) is 0. The van der Waals surface area contributed by atoms with Crippen LogP contribution in [-0.2, 0) is 0 Å². The van der Waals surface area contributed by atoms with Crippen molar-refractivity contribution in [3.05, 3.63) is 200 Å². The molecule has 9 aromatic carbocycles. The van der Waals surface area contributed by atoms with Gasteiger partial charge in [0.15, 0.2) is 17.5 Å². The number of aromatic nitrogens is 5. The lowest BCUT2D eigenvalue weighted by Gasteiger charge is -2.12. The highest BCUT2D eigenvalue weighted by Gasteiger charge is 2.20. The topological polar surface area (TPSA) is 48.5 Å². The molecule has 0 saturated heterocycles. The van der Waals surface area contributed by atoms with Crippen LogP contribution in [0.4, 0.5) is 0 Å². The van der Waals surface area contributed by atoms with Gasteiger partial charge in [-0.2, -0.15) is 0 Å². The lowest BCUT2D eigenvalue weighted by Crippen LogP contribution is -2.00. The number of benzene rings is 9. The van der Waals surface area contributed by atoms with Crippen LogP contribution in [0.5, 0.6) is 0 Å². The maximum atomic E-state index is 5.08. The number of hydrogen-bond acceptors (Lipinski definition) is 3. The van der Waals surface area contributed by atoms with Crippen molar-refractivity contribution in [2.75, 3.05) is 0 Å². The Bertz CT molecular complexity index is 3550. The molecule has 0 atom stereocenters. The molecule has 270 valence electrons. The normalized spacial score (nSPS) is 11.8. The van der Waals surface area contributed by atoms with Gasteiger partial charge in [0.05, 0.1) is 22.1 Å². The Morgan fingerprint density at radius 1 is 0.276 bits per heavy atom. The molecule has 0 fully saturated rings. The molecular formula is C53H33N5. The van der Waals surface area contributed by atoms with Crippen molar-refractivity contribution < 1.29 is 0 Å². The molecule has 0 aliphatic carbocycles. The van der Waals surface area contributed by atoms with Crippen molar-refractivity contribution in [3.8, 4) is 45.5 Å². The highest BCUT2D eigenvalue weighted by molar-refractivity contribution is 6.25. The van der Waals surface area contributed by atoms with Gasteiger partial charge in [0.2, 0.25) is 0 Å². The summed E-state index contributed by atoms with van der Waals surface area (Å²) in [5.41, 5.74) is 9.70. The first kappa shape index (κ1) is 32.4. The number of hydrogen-bond donors (Lipinski definition) is 0. The molecule has 12 rings (SSSR count). The zero-order valence-corrected chi connectivity index (χ0v) is 31.3. The monoisotopic (exact) mass is 739 g/mol. The first-order valence-corrected chi connectivity index (χ1v) is 19.6. The van der Waals surface area contributed by atoms with E-state index in [-0.39, 0.29) is 0 Å². The third-order valence-corrected chi connectivity index (χ3v) is 11.5. The highest BCUT2D eigenvalue weighted by atomic mass is 15.0. The lowest BCUT2D eigenvalue weighted by molar-refractivity contribution is 1.07. The van der Waals surface area contributed by atoms with Crippen LogP contribution >= 0.6 is 0 Å². The summed E-state index contributed by atoms with van der Waals surface area (Å²) >= 11 is 0. The molecule has 0 N–H and O–H groups in total. The summed E-state index contributed by atoms with van der Waals surface area (Å²) in [6.07, 6.45) is 0. The minimum absolute atomic E-state index is 0.632. The standard InChI is InChI=1S/C53H33N5/c1-3-15-36(16-4-1)51-54-52(56-53(55-51)39-24-23-34-13-7-8-17-38(34)31-39)37-25-28-41(29-26-37)57-46-22-12-11-21-43(46)44-32-45-49(33-48(44)57)58(40-18-5-2-6-19-40)47-30-27-35-14-9-10-20-42(35)50(45)47/h1-33H. The first-order valence-electron chi connectivity index (χ1n) is 19.6. The molecule has 58 heavy (non-hydrogen) atoms. The summed E-state index contributed by atoms with van der Waals surface area (Å²) < 4.78 is 4.81. The minimum atomic E-state index is 0.632. The average molecular weight is 740 g/mol. The Labute approximate surface area is 333 Å². The highest BCUT2D eigenvalue weighted by Crippen LogP contribution is 2.42. The summed E-state index contributed by atoms with van der Waals surface area (Å²) in [6, 6.07) is 71.0. The first-order chi connectivity index (χ1) is 28.7. The lowest BCUT2D eigenvalue weighted by atomic mass is 10.0. The van der Waals surface area contributed by atoms with Gasteiger partial charge in [-0.1, -0.05) is 133 Å². The van der Waals surface area contributed by atoms with E-state index in [2.05, 4.69) is 179 Å². The van der Waals surface area contributed by atoms with E-state index in [0.717, 1.165) is 44.5 Å². The second-order valence-corrected chi connectivity index (χ2v) is 14.9. The van der Waals surface area contributed by atoms with Gasteiger partial charge in [0, 0.05) is 49.6 Å². The molecule has 0 amide bonds. The van der Waals surface area contributed by atoms with E-state index in [4.69, 9.17) is 15.0 Å². The molecule has 5 heteroatoms. The number of nitrogens with zero attached hydrogens (tertiary/aromatic N) is 5. The molecule has 3 heterocycles. The van der Waals surface area contributed by atoms with Gasteiger partial charge in [-0.15, -0.1) is 0 Å². The Morgan fingerprint density at radius 3 is 1.59 bits per heavy atom. The molecule has 0 unspecified atom stereocenters. The zero-order valence-electron chi connectivity index (χ0n) is 31.3. The van der Waals surface area contributed by atoms with Gasteiger partial charge in [-0.25, -0.2) is 15.0 Å². The third kappa shape index (κ3) is 5.07. The maximum Gasteiger partial charge on any atom is 0.164 e. The number of fused-ring (bicyclic) bond motifs is 9. The summed E-state index contributed by atoms with van der Waals surface area (Å²) in [5.74, 6) is 1.92. The largest absolute Gasteiger partial charge is 0.309 e. The van der Waals surface area contributed by atoms with Gasteiger partial charge in [-0.3, -0.25) is 0 Å². The Kier molecular flexibility index (Phi) is 7.16. The molecule has 0 aliphatic rings. The van der Waals surface area contributed by atoms with E-state index in [1.54, 1.807) is 0 Å². The maximum absolute atomic E-state index is 5.08. The van der Waals surface area contributed by atoms with Crippen LogP contribution in [0.25, 0.3) is 111 Å². The molecule has 0 saturated carbocycles. The van der Waals surface area contributed by atoms with Crippen molar-refractivity contribution in [2.45, 2.75) is 0 Å². The Balaban J connectivity index is 1.05. The molecular weight excluding hydrogens is 707 g/mol. The van der Waals surface area contributed by atoms with E-state index in [1.165, 1.54) is 48.7 Å². The van der Waals surface area contributed by atoms with Crippen molar-refractivity contribution in [2.24, 2.45) is 0 Å². The van der Waals surface area contributed by atoms with E-state index in [1.807, 2.05) is 30.3 Å². The minimum Gasteiger partial charge on any atom is -0.309 e. The Hall–Kier alpha value is -7.89. The van der Waals surface area contributed by atoms with Gasteiger partial charge in [0.1, 0.15) is 0 Å². The van der Waals surface area contributed by atoms with Crippen molar-refractivity contribution in [1.29, 1.82) is 0 Å². The van der Waals surface area contributed by atoms with Gasteiger partial charge >= 0.3 is 0 Å². The van der Waals surface area contributed by atoms with Crippen LogP contribution in [0.3, 0.4) is 0 Å². The third-order valence-electron chi connectivity index (χ3n) is 11.5. The smallest absolute Gasteiger partial charge is 0.164 e. The number of rotatable bonds is 5. The van der Waals surface area contributed by atoms with E-state index >= 15 is 0 Å². The van der Waals surface area contributed by atoms with Crippen LogP contribution in [0, 0.1) is 0 Å². The molecule has 0 bridgehead atoms. The van der Waals surface area contributed by atoms with E-state index in [0.29, 0.717) is 17.5 Å². The second kappa shape index (κ2) is 12.8. The molecule has 12 aromatic rings. The van der Waals surface area contributed by atoms with Crippen molar-refractivity contribution in [3.63, 3.8) is 0 Å². The molecule has 3 aromatic heterocycles. The van der Waals surface area contributed by atoms with Crippen LogP contribution in [0.1, 0.15) is 0 Å². The predicted octanol–water partition coefficient (Wildman–Crippen LogP) is 13.4. The fourth-order valence-electron chi connectivity index (χ4n) is 8.82. The summed E-state index contributed by atoms with van der Waals surface area (Å²) in [5, 5.41) is 9.78. The zero-order chi connectivity index (χ0) is 38.2. The van der Waals surface area contributed by atoms with Gasteiger partial charge in [-0.05, 0) is 88.3 Å². The quantitative estimate of drug-likeness (QED) is 0.177. The van der Waals surface area contributed by atoms with Gasteiger partial charge in [0.25, 0.3) is 0 Å². The fraction of sp³-hybridized carbons (Fsp3) is 0. The molecule has 0 radical (unpaired) electrons. The molecule has 5 nitrogen and oxygen atoms in total. The van der Waals surface area contributed by atoms with Crippen LogP contribution < -0.4 is 0 Å². The fourth-order valence-corrected chi connectivity index (χ4v) is 8.82. The van der Waals surface area contributed by atoms with Crippen LogP contribution in [0.2, 0.25) is 0 Å². The Morgan fingerprint density at radius 2 is 0.810 bits per heavy atom. The second-order valence-electron chi connectivity index (χ2n) is 14.9. The summed E-state index contributed by atoms with van der Waals surface area (Å²) in [6.45, 7) is 0. The van der Waals surface area contributed by atoms with E-state index in [9.17, 15) is 0 Å². The SMILES string of the molecule is c1ccc(-c2nc(-c3ccc(-n4c5ccccc5c5cc6c7c8ccccc8ccc7n(-c7ccccc7)c6cc54)cc3)nc(-c3ccc4ccccc4c3)n2)cc1.